The lowest BCUT2D eigenvalue weighted by Crippen LogP contribution is -2.15. The van der Waals surface area contributed by atoms with Crippen LogP contribution in [0.3, 0.4) is 0 Å². The molecule has 0 bridgehead atoms. The van der Waals surface area contributed by atoms with Crippen LogP contribution in [0.4, 0.5) is 10.1 Å². The Morgan fingerprint density at radius 2 is 1.86 bits per heavy atom. The third kappa shape index (κ3) is 4.28. The highest BCUT2D eigenvalue weighted by Crippen LogP contribution is 2.35. The lowest BCUT2D eigenvalue weighted by Gasteiger charge is -2.08. The van der Waals surface area contributed by atoms with Gasteiger partial charge in [-0.2, -0.15) is 0 Å². The van der Waals surface area contributed by atoms with Gasteiger partial charge in [0, 0.05) is 11.3 Å². The van der Waals surface area contributed by atoms with Gasteiger partial charge in [0.15, 0.2) is 0 Å². The Hall–Kier alpha value is -2.84. The molecule has 4 rings (SSSR count). The third-order valence-corrected chi connectivity index (χ3v) is 6.20. The molecule has 0 aliphatic carbocycles. The minimum atomic E-state index is -0.301. The molecular formula is C21H17FN4OS2. The van der Waals surface area contributed by atoms with Crippen molar-refractivity contribution < 1.29 is 9.18 Å². The number of hydrogen-bond acceptors (Lipinski definition) is 6. The summed E-state index contributed by atoms with van der Waals surface area (Å²) in [5.74, 6) is -0.219. The fourth-order valence-corrected chi connectivity index (χ4v) is 4.56. The van der Waals surface area contributed by atoms with E-state index in [2.05, 4.69) is 20.5 Å². The van der Waals surface area contributed by atoms with Crippen molar-refractivity contribution in [3.05, 3.63) is 64.9 Å². The Balaban J connectivity index is 1.57. The number of nitrogens with zero attached hydrogens (tertiary/aromatic N) is 3. The minimum absolute atomic E-state index is 0.117. The number of aromatic nitrogens is 3. The zero-order valence-corrected chi connectivity index (χ0v) is 17.4. The zero-order chi connectivity index (χ0) is 20.4. The number of fused-ring (bicyclic) bond motifs is 1. The highest BCUT2D eigenvalue weighted by molar-refractivity contribution is 8.00. The predicted octanol–water partition coefficient (Wildman–Crippen LogP) is 5.24. The molecule has 1 N–H and O–H groups in total. The fraction of sp³-hybridized carbons (Fsp3) is 0.143. The van der Waals surface area contributed by atoms with E-state index in [0.29, 0.717) is 10.7 Å². The Bertz CT molecular complexity index is 1190. The van der Waals surface area contributed by atoms with Crippen LogP contribution in [0.2, 0.25) is 0 Å². The van der Waals surface area contributed by atoms with Crippen molar-refractivity contribution in [1.29, 1.82) is 0 Å². The van der Waals surface area contributed by atoms with Gasteiger partial charge in [-0.1, -0.05) is 30.0 Å². The number of para-hydroxylation sites is 1. The molecule has 1 amide bonds. The van der Waals surface area contributed by atoms with Gasteiger partial charge in [0.1, 0.15) is 22.1 Å². The van der Waals surface area contributed by atoms with Gasteiger partial charge in [0.2, 0.25) is 5.91 Å². The normalized spacial score (nSPS) is 11.0. The van der Waals surface area contributed by atoms with E-state index >= 15 is 0 Å². The number of halogens is 1. The number of amides is 1. The second kappa shape index (κ2) is 8.26. The van der Waals surface area contributed by atoms with E-state index in [9.17, 15) is 9.18 Å². The maximum absolute atomic E-state index is 13.3. The molecule has 2 heterocycles. The number of hydrogen-bond donors (Lipinski definition) is 1. The van der Waals surface area contributed by atoms with Crippen molar-refractivity contribution in [2.24, 2.45) is 0 Å². The highest BCUT2D eigenvalue weighted by atomic mass is 32.2. The fourth-order valence-electron chi connectivity index (χ4n) is 2.85. The monoisotopic (exact) mass is 424 g/mol. The van der Waals surface area contributed by atoms with Gasteiger partial charge in [0.25, 0.3) is 0 Å². The molecule has 0 aliphatic heterocycles. The Morgan fingerprint density at radius 3 is 2.62 bits per heavy atom. The Morgan fingerprint density at radius 1 is 1.10 bits per heavy atom. The van der Waals surface area contributed by atoms with Crippen LogP contribution in [-0.4, -0.2) is 26.8 Å². The first-order valence-corrected chi connectivity index (χ1v) is 10.7. The quantitative estimate of drug-likeness (QED) is 0.444. The van der Waals surface area contributed by atoms with Crippen LogP contribution >= 0.6 is 23.1 Å². The number of carbonyl (C=O) groups is 1. The molecule has 29 heavy (non-hydrogen) atoms. The molecule has 5 nitrogen and oxygen atoms in total. The van der Waals surface area contributed by atoms with Crippen LogP contribution in [0.5, 0.6) is 0 Å². The van der Waals surface area contributed by atoms with E-state index < -0.39 is 0 Å². The summed E-state index contributed by atoms with van der Waals surface area (Å²) in [5.41, 5.74) is 3.97. The van der Waals surface area contributed by atoms with Gasteiger partial charge in [0.05, 0.1) is 15.5 Å². The molecule has 0 aliphatic rings. The van der Waals surface area contributed by atoms with Crippen LogP contribution in [-0.2, 0) is 4.79 Å². The topological polar surface area (TPSA) is 67.8 Å². The van der Waals surface area contributed by atoms with Crippen LogP contribution in [0.25, 0.3) is 21.5 Å². The minimum Gasteiger partial charge on any atom is -0.325 e. The van der Waals surface area contributed by atoms with Gasteiger partial charge < -0.3 is 5.32 Å². The number of carbonyl (C=O) groups excluding carboxylic acids is 1. The summed E-state index contributed by atoms with van der Waals surface area (Å²) in [7, 11) is 0. The zero-order valence-electron chi connectivity index (χ0n) is 15.8. The molecule has 0 atom stereocenters. The molecule has 0 saturated carbocycles. The second-order valence-electron chi connectivity index (χ2n) is 6.42. The molecule has 2 aromatic carbocycles. The predicted molar refractivity (Wildman–Crippen MR) is 116 cm³/mol. The molecule has 0 radical (unpaired) electrons. The number of aryl methyl sites for hydroxylation is 2. The maximum atomic E-state index is 13.3. The number of thioether (sulfide) groups is 1. The van der Waals surface area contributed by atoms with Crippen molar-refractivity contribution in [2.45, 2.75) is 18.9 Å². The van der Waals surface area contributed by atoms with Crippen LogP contribution in [0, 0.1) is 19.7 Å². The molecular weight excluding hydrogens is 407 g/mol. The van der Waals surface area contributed by atoms with Crippen molar-refractivity contribution in [2.75, 3.05) is 11.1 Å². The van der Waals surface area contributed by atoms with E-state index in [4.69, 9.17) is 0 Å². The number of anilines is 1. The van der Waals surface area contributed by atoms with Gasteiger partial charge in [-0.25, -0.2) is 9.37 Å². The van der Waals surface area contributed by atoms with Crippen LogP contribution < -0.4 is 5.32 Å². The largest absolute Gasteiger partial charge is 0.325 e. The van der Waals surface area contributed by atoms with E-state index in [1.807, 2.05) is 38.1 Å². The molecule has 2 aromatic heterocycles. The van der Waals surface area contributed by atoms with E-state index in [1.165, 1.54) is 35.2 Å². The van der Waals surface area contributed by atoms with Crippen molar-refractivity contribution in [3.63, 3.8) is 0 Å². The molecule has 8 heteroatoms. The summed E-state index contributed by atoms with van der Waals surface area (Å²) in [5, 5.41) is 13.0. The number of nitrogens with one attached hydrogen (secondary N) is 1. The Kier molecular flexibility index (Phi) is 5.55. The van der Waals surface area contributed by atoms with Gasteiger partial charge in [-0.3, -0.25) is 4.79 Å². The van der Waals surface area contributed by atoms with Gasteiger partial charge in [-0.05, 0) is 49.7 Å². The first-order valence-electron chi connectivity index (χ1n) is 8.89. The lowest BCUT2D eigenvalue weighted by molar-refractivity contribution is -0.113. The van der Waals surface area contributed by atoms with Crippen molar-refractivity contribution in [1.82, 2.24) is 15.2 Å². The standard InChI is InChI=1S/C21H17FN4OS2/c1-12-5-3-4-6-16(12)24-17(27)11-28-21-19-20(29-13(2)23-19)18(25-26-21)14-7-9-15(22)10-8-14/h3-10H,11H2,1-2H3,(H,24,27). The molecule has 4 aromatic rings. The average molecular weight is 425 g/mol. The van der Waals surface area contributed by atoms with Gasteiger partial charge in [-0.15, -0.1) is 21.5 Å². The maximum Gasteiger partial charge on any atom is 0.234 e. The average Bonchev–Trinajstić information content (AvgIpc) is 3.10. The summed E-state index contributed by atoms with van der Waals surface area (Å²) in [6, 6.07) is 13.8. The Labute approximate surface area is 175 Å². The van der Waals surface area contributed by atoms with Crippen LogP contribution in [0.15, 0.2) is 53.6 Å². The summed E-state index contributed by atoms with van der Waals surface area (Å²) < 4.78 is 14.1. The number of rotatable bonds is 5. The van der Waals surface area contributed by atoms with Gasteiger partial charge >= 0.3 is 0 Å². The van der Waals surface area contributed by atoms with Crippen molar-refractivity contribution in [3.8, 4) is 11.3 Å². The number of thiazole rings is 1. The molecule has 0 unspecified atom stereocenters. The van der Waals surface area contributed by atoms with Crippen molar-refractivity contribution >= 4 is 44.9 Å². The molecule has 146 valence electrons. The van der Waals surface area contributed by atoms with E-state index in [1.54, 1.807) is 12.1 Å². The van der Waals surface area contributed by atoms with Crippen LogP contribution in [0.1, 0.15) is 10.6 Å². The highest BCUT2D eigenvalue weighted by Gasteiger charge is 2.17. The summed E-state index contributed by atoms with van der Waals surface area (Å²) >= 11 is 2.81. The second-order valence-corrected chi connectivity index (χ2v) is 8.59. The van der Waals surface area contributed by atoms with E-state index in [0.717, 1.165) is 32.0 Å². The van der Waals surface area contributed by atoms with E-state index in [-0.39, 0.29) is 17.5 Å². The smallest absolute Gasteiger partial charge is 0.234 e. The molecule has 0 fully saturated rings. The summed E-state index contributed by atoms with van der Waals surface area (Å²) in [6.45, 7) is 3.86. The summed E-state index contributed by atoms with van der Waals surface area (Å²) in [6.07, 6.45) is 0. The summed E-state index contributed by atoms with van der Waals surface area (Å²) in [4.78, 5) is 16.9. The number of benzene rings is 2. The SMILES string of the molecule is Cc1nc2c(SCC(=O)Nc3ccccc3C)nnc(-c3ccc(F)cc3)c2s1. The lowest BCUT2D eigenvalue weighted by atomic mass is 10.1. The molecule has 0 saturated heterocycles. The molecule has 0 spiro atoms. The first-order chi connectivity index (χ1) is 14.0. The third-order valence-electron chi connectivity index (χ3n) is 4.27. The first kappa shape index (κ1) is 19.5.